The van der Waals surface area contributed by atoms with Crippen LogP contribution in [-0.4, -0.2) is 22.2 Å². The standard InChI is InChI=1S/C16H20N2Si.C12H10N.Ir/c1-12-7-6-8-14-15(12)16(13(2)19(14,4)5)18-10-9-17(3)11-18;1-10-6-2-3-7-11(10)12-8-4-5-9-13-12;/h6-11H,1H2,2-5H3;2-9H,1H2;/q;-1;. The van der Waals surface area contributed by atoms with E-state index in [0.29, 0.717) is 0 Å². The van der Waals surface area contributed by atoms with Gasteiger partial charge in [0.05, 0.1) is 5.70 Å². The van der Waals surface area contributed by atoms with E-state index >= 15 is 0 Å². The predicted molar refractivity (Wildman–Crippen MR) is 138 cm³/mol. The maximum atomic E-state index is 4.27. The first-order valence-electron chi connectivity index (χ1n) is 10.8. The van der Waals surface area contributed by atoms with Gasteiger partial charge in [-0.05, 0) is 24.3 Å². The van der Waals surface area contributed by atoms with Gasteiger partial charge in [0.2, 0.25) is 0 Å². The first-order chi connectivity index (χ1) is 15.3. The van der Waals surface area contributed by atoms with Crippen molar-refractivity contribution in [3.8, 4) is 11.3 Å². The van der Waals surface area contributed by atoms with Crippen LogP contribution in [0.4, 0.5) is 0 Å². The molecular weight excluding hydrogens is 599 g/mol. The van der Waals surface area contributed by atoms with Crippen molar-refractivity contribution in [1.82, 2.24) is 14.1 Å². The van der Waals surface area contributed by atoms with Crippen LogP contribution in [0.25, 0.3) is 17.0 Å². The number of hydrogen-bond acceptors (Lipinski definition) is 1. The van der Waals surface area contributed by atoms with Gasteiger partial charge < -0.3 is 0 Å². The van der Waals surface area contributed by atoms with Gasteiger partial charge in [0.25, 0.3) is 0 Å². The SMILES string of the molecule is [CH2-]c1cccc2c1C(n1ccn(C)[cH+]1)=C(C)[Si]2(C)C.[CH2-]c1ccccc1-c1ccccn1.[Ir]. The van der Waals surface area contributed by atoms with E-state index < -0.39 is 8.07 Å². The Bertz CT molecular complexity index is 1290. The van der Waals surface area contributed by atoms with Crippen molar-refractivity contribution >= 4 is 19.0 Å². The molecule has 3 nitrogen and oxygen atoms in total. The van der Waals surface area contributed by atoms with Gasteiger partial charge in [0.1, 0.15) is 20.5 Å². The molecule has 0 bridgehead atoms. The number of allylic oxidation sites excluding steroid dienone is 1. The summed E-state index contributed by atoms with van der Waals surface area (Å²) in [5.41, 5.74) is 6.93. The Morgan fingerprint density at radius 1 is 0.879 bits per heavy atom. The van der Waals surface area contributed by atoms with Crippen LogP contribution in [0.1, 0.15) is 23.6 Å². The van der Waals surface area contributed by atoms with E-state index in [4.69, 9.17) is 0 Å². The van der Waals surface area contributed by atoms with Crippen molar-refractivity contribution in [2.24, 2.45) is 7.05 Å². The minimum atomic E-state index is -1.52. The molecule has 0 unspecified atom stereocenters. The molecule has 0 fully saturated rings. The fourth-order valence-corrected chi connectivity index (χ4v) is 6.95. The molecule has 0 N–H and O–H groups in total. The molecule has 1 aliphatic rings. The summed E-state index contributed by atoms with van der Waals surface area (Å²) in [6, 6.07) is 20.4. The van der Waals surface area contributed by atoms with Gasteiger partial charge in [-0.15, -0.1) is 23.8 Å². The van der Waals surface area contributed by atoms with Gasteiger partial charge in [0, 0.05) is 39.0 Å². The Morgan fingerprint density at radius 2 is 1.58 bits per heavy atom. The van der Waals surface area contributed by atoms with Crippen LogP contribution in [0.2, 0.25) is 13.1 Å². The minimum absolute atomic E-state index is 0. The van der Waals surface area contributed by atoms with Crippen molar-refractivity contribution in [2.45, 2.75) is 20.0 Å². The van der Waals surface area contributed by atoms with Crippen LogP contribution >= 0.6 is 0 Å². The zero-order valence-electron chi connectivity index (χ0n) is 19.7. The number of pyridine rings is 1. The number of fused-ring (bicyclic) bond motifs is 1. The van der Waals surface area contributed by atoms with Crippen molar-refractivity contribution in [3.63, 3.8) is 0 Å². The van der Waals surface area contributed by atoms with Crippen LogP contribution in [0.3, 0.4) is 0 Å². The van der Waals surface area contributed by atoms with Crippen LogP contribution in [0, 0.1) is 13.8 Å². The van der Waals surface area contributed by atoms with Crippen molar-refractivity contribution in [1.29, 1.82) is 0 Å². The average molecular weight is 629 g/mol. The second-order valence-corrected chi connectivity index (χ2v) is 13.3. The molecule has 1 aliphatic heterocycles. The Labute approximate surface area is 212 Å². The van der Waals surface area contributed by atoms with E-state index in [1.165, 1.54) is 21.6 Å². The third-order valence-electron chi connectivity index (χ3n) is 6.34. The smallest absolute Gasteiger partial charge is 0.164 e. The number of nitrogens with zero attached hydrogens (tertiary/aromatic N) is 3. The average Bonchev–Trinajstić information content (AvgIpc) is 3.29. The molecule has 0 aliphatic carbocycles. The Hall–Kier alpha value is -2.85. The molecule has 0 saturated carbocycles. The van der Waals surface area contributed by atoms with Crippen molar-refractivity contribution in [3.05, 3.63) is 121 Å². The van der Waals surface area contributed by atoms with E-state index in [2.05, 4.69) is 92.0 Å². The summed E-state index contributed by atoms with van der Waals surface area (Å²) < 4.78 is 4.32. The Kier molecular flexibility index (Phi) is 7.48. The van der Waals surface area contributed by atoms with E-state index in [-0.39, 0.29) is 20.1 Å². The quantitative estimate of drug-likeness (QED) is 0.198. The molecule has 5 rings (SSSR count). The number of aromatic nitrogens is 3. The van der Waals surface area contributed by atoms with Crippen LogP contribution in [0.5, 0.6) is 0 Å². The molecule has 3 heterocycles. The van der Waals surface area contributed by atoms with Crippen LogP contribution in [-0.2, 0) is 27.2 Å². The zero-order valence-corrected chi connectivity index (χ0v) is 23.1. The summed E-state index contributed by atoms with van der Waals surface area (Å²) in [4.78, 5) is 4.27. The fourth-order valence-electron chi connectivity index (χ4n) is 4.28. The normalized spacial score (nSPS) is 13.6. The van der Waals surface area contributed by atoms with Gasteiger partial charge in [-0.25, -0.2) is 0 Å². The summed E-state index contributed by atoms with van der Waals surface area (Å²) >= 11 is 0. The van der Waals surface area contributed by atoms with Gasteiger partial charge in [-0.3, -0.25) is 9.55 Å². The number of hydrogen-bond donors (Lipinski definition) is 0. The maximum absolute atomic E-state index is 4.27. The maximum Gasteiger partial charge on any atom is 0.164 e. The second-order valence-electron chi connectivity index (χ2n) is 8.80. The van der Waals surface area contributed by atoms with E-state index in [9.17, 15) is 0 Å². The molecule has 2 aromatic heterocycles. The van der Waals surface area contributed by atoms with Gasteiger partial charge >= 0.3 is 0 Å². The van der Waals surface area contributed by atoms with Crippen LogP contribution < -0.4 is 5.19 Å². The van der Waals surface area contributed by atoms with Crippen molar-refractivity contribution in [2.75, 3.05) is 0 Å². The largest absolute Gasteiger partial charge is 0.270 e. The number of benzene rings is 2. The zero-order chi connectivity index (χ0) is 22.9. The third-order valence-corrected chi connectivity index (χ3v) is 10.2. The van der Waals surface area contributed by atoms with E-state index in [1.54, 1.807) is 6.20 Å². The number of rotatable bonds is 2. The van der Waals surface area contributed by atoms with Crippen LogP contribution in [0.15, 0.2) is 90.8 Å². The first kappa shape index (κ1) is 24.8. The Morgan fingerprint density at radius 3 is 2.21 bits per heavy atom. The fraction of sp³-hybridized carbons (Fsp3) is 0.143. The first-order valence-corrected chi connectivity index (χ1v) is 13.8. The predicted octanol–water partition coefficient (Wildman–Crippen LogP) is 5.97. The van der Waals surface area contributed by atoms with Gasteiger partial charge in [0.15, 0.2) is 6.33 Å². The molecular formula is C28H30IrN3Si-. The molecule has 0 spiro atoms. The summed E-state index contributed by atoms with van der Waals surface area (Å²) in [5, 5.41) is 3.05. The summed E-state index contributed by atoms with van der Waals surface area (Å²) in [6.45, 7) is 15.3. The number of aryl methyl sites for hydroxylation is 1. The molecule has 0 saturated heterocycles. The molecule has 0 amide bonds. The second kappa shape index (κ2) is 9.96. The summed E-state index contributed by atoms with van der Waals surface area (Å²) in [7, 11) is 0.534. The molecule has 171 valence electrons. The third kappa shape index (κ3) is 4.76. The molecule has 2 aromatic carbocycles. The van der Waals surface area contributed by atoms with Gasteiger partial charge in [-0.1, -0.05) is 42.0 Å². The van der Waals surface area contributed by atoms with E-state index in [0.717, 1.165) is 22.4 Å². The number of imidazole rings is 1. The van der Waals surface area contributed by atoms with E-state index in [1.807, 2.05) is 42.5 Å². The van der Waals surface area contributed by atoms with Gasteiger partial charge in [-0.2, -0.15) is 41.7 Å². The molecule has 33 heavy (non-hydrogen) atoms. The molecule has 5 heteroatoms. The summed E-state index contributed by atoms with van der Waals surface area (Å²) in [5.74, 6) is 0. The molecule has 4 aromatic rings. The summed E-state index contributed by atoms with van der Waals surface area (Å²) in [6.07, 6.45) is 8.13. The van der Waals surface area contributed by atoms with Crippen molar-refractivity contribution < 1.29 is 20.1 Å². The monoisotopic (exact) mass is 629 g/mol. The Balaban J connectivity index is 0.000000192. The minimum Gasteiger partial charge on any atom is -0.270 e. The molecule has 1 radical (unpaired) electrons. The topological polar surface area (TPSA) is 22.8 Å². The molecule has 0 atom stereocenters.